The maximum absolute atomic E-state index is 14.7. The van der Waals surface area contributed by atoms with Gasteiger partial charge in [-0.15, -0.1) is 10.2 Å². The van der Waals surface area contributed by atoms with E-state index >= 15 is 0 Å². The summed E-state index contributed by atoms with van der Waals surface area (Å²) in [5.74, 6) is -7.43. The molecule has 6 rings (SSSR count). The maximum atomic E-state index is 14.7. The molecule has 3 heterocycles. The number of likely N-dealkylation sites (tertiary alicyclic amines) is 1. The van der Waals surface area contributed by atoms with Gasteiger partial charge in [0, 0.05) is 53.3 Å². The van der Waals surface area contributed by atoms with Gasteiger partial charge in [0.2, 0.25) is 41.4 Å². The topological polar surface area (TPSA) is 298 Å². The van der Waals surface area contributed by atoms with Crippen LogP contribution in [0, 0.1) is 15.4 Å². The first kappa shape index (κ1) is 60.9. The summed E-state index contributed by atoms with van der Waals surface area (Å²) in [6, 6.07) is 12.1. The van der Waals surface area contributed by atoms with E-state index in [2.05, 4.69) is 80.0 Å². The van der Waals surface area contributed by atoms with Crippen LogP contribution in [-0.2, 0) is 69.7 Å². The second-order valence-corrected chi connectivity index (χ2v) is 21.3. The molecule has 7 amide bonds. The quantitative estimate of drug-likeness (QED) is 0.0390. The standard InChI is InChI=1S/C54H66F3IN12O9/c1-6-31(4)45(50(76)64-40(26-37-27-60-29-61-37)51(77)70-22-10-13-42(70)48(74)65-41(52(78)79)25-32-11-8-7-9-12-32)67-47(73)39(24-34-16-20-36(58)21-17-34)63-49(75)44(30(2)3)66-46(72)38(62-43(71)28-59-5)23-33-14-18-35(19-15-33)53(68-69-53)54(55,56)57/h7-9,11-12,14-21,27,29-31,38-42,44-45,59H,6,10,13,22-26,28H2,1-5H3,(H,60,61)(H,62,71)(H,63,75)(H,64,76)(H,65,74)(H,66,72)(H,67,73)(H,78,79)/t31-,38-,39-,40-,41-,42-,44-,45-/m0/s1/i58-2. The average molecular weight is 1210 g/mol. The van der Waals surface area contributed by atoms with Gasteiger partial charge in [0.1, 0.15) is 42.3 Å². The van der Waals surface area contributed by atoms with Crippen LogP contribution in [0.1, 0.15) is 74.9 Å². The minimum atomic E-state index is -4.76. The number of carbonyl (C=O) groups excluding carboxylic acids is 7. The van der Waals surface area contributed by atoms with Crippen LogP contribution in [-0.4, -0.2) is 136 Å². The Balaban J connectivity index is 1.20. The molecule has 2 aliphatic heterocycles. The number of carboxylic acids is 1. The van der Waals surface area contributed by atoms with E-state index in [1.807, 2.05) is 0 Å². The fourth-order valence-corrected chi connectivity index (χ4v) is 9.50. The van der Waals surface area contributed by atoms with Crippen molar-refractivity contribution in [3.63, 3.8) is 0 Å². The highest BCUT2D eigenvalue weighted by molar-refractivity contribution is 14.1. The number of H-pyrrole nitrogens is 1. The largest absolute Gasteiger partial charge is 0.480 e. The molecule has 8 atom stereocenters. The predicted octanol–water partition coefficient (Wildman–Crippen LogP) is 3.37. The zero-order chi connectivity index (χ0) is 57.6. The minimum Gasteiger partial charge on any atom is -0.480 e. The third-order valence-corrected chi connectivity index (χ3v) is 14.6. The number of carboxylic acid groups (broad SMARTS) is 1. The molecule has 79 heavy (non-hydrogen) atoms. The highest BCUT2D eigenvalue weighted by Crippen LogP contribution is 2.52. The molecule has 2 aliphatic rings. The van der Waals surface area contributed by atoms with E-state index in [9.17, 15) is 56.6 Å². The van der Waals surface area contributed by atoms with Gasteiger partial charge in [0.15, 0.2) is 0 Å². The van der Waals surface area contributed by atoms with E-state index in [1.54, 1.807) is 82.3 Å². The first-order valence-electron chi connectivity index (χ1n) is 25.9. The van der Waals surface area contributed by atoms with Crippen LogP contribution in [0.25, 0.3) is 0 Å². The number of imidazole rings is 1. The zero-order valence-corrected chi connectivity index (χ0v) is 46.4. The Morgan fingerprint density at radius 2 is 1.28 bits per heavy atom. The van der Waals surface area contributed by atoms with Crippen molar-refractivity contribution in [2.45, 2.75) is 127 Å². The predicted molar refractivity (Wildman–Crippen MR) is 290 cm³/mol. The molecule has 0 bridgehead atoms. The van der Waals surface area contributed by atoms with Crippen molar-refractivity contribution in [2.24, 2.45) is 22.1 Å². The molecule has 1 aromatic heterocycles. The Kier molecular flexibility index (Phi) is 21.2. The average Bonchev–Trinajstić information content (AvgIpc) is 4.02. The molecular formula is C54H66F3IN12O9. The van der Waals surface area contributed by atoms with E-state index in [0.717, 1.165) is 3.57 Å². The molecule has 1 fully saturated rings. The Hall–Kier alpha value is -7.29. The lowest BCUT2D eigenvalue weighted by Gasteiger charge is -2.32. The Morgan fingerprint density at radius 3 is 1.82 bits per heavy atom. The number of alkyl halides is 3. The van der Waals surface area contributed by atoms with Gasteiger partial charge in [0.05, 0.1) is 12.9 Å². The smallest absolute Gasteiger partial charge is 0.442 e. The molecule has 1 saturated heterocycles. The van der Waals surface area contributed by atoms with Crippen LogP contribution in [0.5, 0.6) is 0 Å². The normalized spacial score (nSPS) is 17.2. The molecule has 4 aromatic rings. The van der Waals surface area contributed by atoms with Crippen molar-refractivity contribution in [3.8, 4) is 0 Å². The molecule has 0 unspecified atom stereocenters. The number of halogens is 4. The molecule has 25 heteroatoms. The number of likely N-dealkylation sites (N-methyl/N-ethyl adjacent to an activating group) is 1. The fraction of sp³-hybridized carbons (Fsp3) is 0.463. The summed E-state index contributed by atoms with van der Waals surface area (Å²) in [5.41, 5.74) is -0.743. The summed E-state index contributed by atoms with van der Waals surface area (Å²) in [7, 11) is 1.52. The van der Waals surface area contributed by atoms with Crippen molar-refractivity contribution >= 4 is 69.9 Å². The number of nitrogens with zero attached hydrogens (tertiary/aromatic N) is 4. The molecule has 0 radical (unpaired) electrons. The Labute approximate surface area is 468 Å². The van der Waals surface area contributed by atoms with E-state index in [-0.39, 0.29) is 50.8 Å². The number of aromatic nitrogens is 2. The maximum Gasteiger partial charge on any atom is 0.442 e. The Bertz CT molecular complexity index is 2800. The third-order valence-electron chi connectivity index (χ3n) is 13.8. The highest BCUT2D eigenvalue weighted by Gasteiger charge is 2.65. The van der Waals surface area contributed by atoms with Gasteiger partial charge in [-0.1, -0.05) is 101 Å². The van der Waals surface area contributed by atoms with Gasteiger partial charge in [-0.05, 0) is 83.1 Å². The molecular weight excluding hydrogens is 1140 g/mol. The van der Waals surface area contributed by atoms with E-state index in [1.165, 1.54) is 48.7 Å². The van der Waals surface area contributed by atoms with Crippen LogP contribution < -0.4 is 37.2 Å². The van der Waals surface area contributed by atoms with Gasteiger partial charge in [0.25, 0.3) is 0 Å². The second kappa shape index (κ2) is 27.5. The van der Waals surface area contributed by atoms with E-state index < -0.39 is 113 Å². The van der Waals surface area contributed by atoms with Gasteiger partial charge < -0.3 is 52.2 Å². The lowest BCUT2D eigenvalue weighted by atomic mass is 9.96. The summed E-state index contributed by atoms with van der Waals surface area (Å²) in [6.07, 6.45) is -1.24. The number of rotatable bonds is 27. The van der Waals surface area contributed by atoms with Crippen LogP contribution in [0.15, 0.2) is 102 Å². The lowest BCUT2D eigenvalue weighted by Crippen LogP contribution is -2.62. The monoisotopic (exact) mass is 1210 g/mol. The summed E-state index contributed by atoms with van der Waals surface area (Å²) in [6.45, 7) is 6.76. The number of hydrogen-bond donors (Lipinski definition) is 9. The van der Waals surface area contributed by atoms with Crippen LogP contribution in [0.3, 0.4) is 0 Å². The number of aromatic amines is 1. The number of hydrogen-bond acceptors (Lipinski definition) is 12. The lowest BCUT2D eigenvalue weighted by molar-refractivity contribution is -0.166. The van der Waals surface area contributed by atoms with Gasteiger partial charge in [-0.3, -0.25) is 33.6 Å². The highest BCUT2D eigenvalue weighted by atomic mass is 125. The van der Waals surface area contributed by atoms with Crippen molar-refractivity contribution in [3.05, 3.63) is 123 Å². The molecule has 0 spiro atoms. The van der Waals surface area contributed by atoms with Crippen LogP contribution in [0.4, 0.5) is 13.2 Å². The summed E-state index contributed by atoms with van der Waals surface area (Å²) in [4.78, 5) is 120. The van der Waals surface area contributed by atoms with Gasteiger partial charge in [-0.2, -0.15) is 13.2 Å². The molecule has 0 saturated carbocycles. The number of aliphatic carboxylic acids is 1. The minimum absolute atomic E-state index is 0.00190. The number of amides is 7. The molecule has 9 N–H and O–H groups in total. The van der Waals surface area contributed by atoms with Crippen molar-refractivity contribution < 1.29 is 56.6 Å². The summed E-state index contributed by atoms with van der Waals surface area (Å²) in [5, 5.41) is 35.5. The molecule has 424 valence electrons. The molecule has 3 aromatic carbocycles. The first-order valence-corrected chi connectivity index (χ1v) is 27.0. The SMILES string of the molecule is CC[C@H](C)[C@H](NC(=O)[C@H](Cc1ccc([125I])cc1)NC(=O)[C@@H](NC(=O)[C@H](Cc1ccc(C2(C(F)(F)F)N=N2)cc1)NC(=O)CNC)C(C)C)C(=O)N[C@@H](Cc1cnc[nH]1)C(=O)N1CCC[C@H]1C(=O)N[C@@H](Cc1ccccc1)C(=O)O. The third kappa shape index (κ3) is 16.4. The number of carbonyl (C=O) groups is 8. The second-order valence-electron chi connectivity index (χ2n) is 20.0. The molecule has 21 nitrogen and oxygen atoms in total. The summed E-state index contributed by atoms with van der Waals surface area (Å²) < 4.78 is 42.0. The molecule has 0 aliphatic carbocycles. The van der Waals surface area contributed by atoms with Gasteiger partial charge >= 0.3 is 17.8 Å². The van der Waals surface area contributed by atoms with Crippen molar-refractivity contribution in [2.75, 3.05) is 20.1 Å². The van der Waals surface area contributed by atoms with Crippen molar-refractivity contribution in [1.82, 2.24) is 52.1 Å². The van der Waals surface area contributed by atoms with Crippen LogP contribution >= 0.6 is 22.6 Å². The van der Waals surface area contributed by atoms with Crippen molar-refractivity contribution in [1.29, 1.82) is 0 Å². The number of benzene rings is 3. The van der Waals surface area contributed by atoms with E-state index in [0.29, 0.717) is 35.2 Å². The first-order chi connectivity index (χ1) is 37.5. The van der Waals surface area contributed by atoms with E-state index in [4.69, 9.17) is 0 Å². The fourth-order valence-electron chi connectivity index (χ4n) is 9.14. The Morgan fingerprint density at radius 1 is 0.722 bits per heavy atom. The van der Waals surface area contributed by atoms with Crippen LogP contribution in [0.2, 0.25) is 0 Å². The number of nitrogens with one attached hydrogen (secondary N) is 8. The summed E-state index contributed by atoms with van der Waals surface area (Å²) >= 11 is 2.12. The van der Waals surface area contributed by atoms with Gasteiger partial charge in [-0.25, -0.2) is 9.78 Å². The zero-order valence-electron chi connectivity index (χ0n) is 44.2.